The summed E-state index contributed by atoms with van der Waals surface area (Å²) < 4.78 is 11.3. The third-order valence-electron chi connectivity index (χ3n) is 2.65. The Kier molecular flexibility index (Phi) is 3.11. The molecule has 1 aliphatic rings. The lowest BCUT2D eigenvalue weighted by Gasteiger charge is -2.08. The minimum absolute atomic E-state index is 0.853. The topological polar surface area (TPSA) is 35.1 Å². The van der Waals surface area contributed by atoms with Gasteiger partial charge in [0.2, 0.25) is 0 Å². The number of rotatable bonds is 1. The van der Waals surface area contributed by atoms with E-state index in [1.807, 2.05) is 6.07 Å². The quantitative estimate of drug-likeness (QED) is 0.703. The van der Waals surface area contributed by atoms with Gasteiger partial charge in [0.1, 0.15) is 6.26 Å². The van der Waals surface area contributed by atoms with Crippen molar-refractivity contribution in [3.63, 3.8) is 0 Å². The lowest BCUT2D eigenvalue weighted by atomic mass is 10.0. The van der Waals surface area contributed by atoms with Crippen LogP contribution in [0.2, 0.25) is 0 Å². The fourth-order valence-electron chi connectivity index (χ4n) is 1.83. The van der Waals surface area contributed by atoms with E-state index in [2.05, 4.69) is 17.4 Å². The van der Waals surface area contributed by atoms with Crippen LogP contribution >= 0.6 is 0 Å². The first-order chi connectivity index (χ1) is 6.77. The molecule has 1 N–H and O–H groups in total. The number of fused-ring (bicyclic) bond motifs is 1. The molecule has 0 saturated carbocycles. The van der Waals surface area contributed by atoms with Crippen LogP contribution in [-0.4, -0.2) is 23.9 Å². The Morgan fingerprint density at radius 1 is 1.21 bits per heavy atom. The lowest BCUT2D eigenvalue weighted by Crippen LogP contribution is -2.16. The molecular formula is C11H15NOS. The van der Waals surface area contributed by atoms with E-state index in [9.17, 15) is 4.55 Å². The fraction of sp³-hybridized carbons (Fsp3) is 0.455. The average Bonchev–Trinajstić information content (AvgIpc) is 2.41. The molecule has 3 heteroatoms. The van der Waals surface area contributed by atoms with Crippen LogP contribution in [0.15, 0.2) is 23.1 Å². The molecule has 2 nitrogen and oxygen atoms in total. The van der Waals surface area contributed by atoms with Crippen molar-refractivity contribution in [1.82, 2.24) is 5.32 Å². The van der Waals surface area contributed by atoms with Crippen LogP contribution in [-0.2, 0) is 24.0 Å². The van der Waals surface area contributed by atoms with E-state index >= 15 is 0 Å². The summed E-state index contributed by atoms with van der Waals surface area (Å²) in [6.45, 7) is 2.09. The SMILES string of the molecule is C[S+]([O-])c1ccc2c(c1)CCNCC2. The van der Waals surface area contributed by atoms with E-state index in [4.69, 9.17) is 0 Å². The standard InChI is InChI=1S/C11H15NOS/c1-14(13)11-3-2-9-4-6-12-7-5-10(9)8-11/h2-3,8,12H,4-7H2,1H3. The summed E-state index contributed by atoms with van der Waals surface area (Å²) in [7, 11) is 0. The van der Waals surface area contributed by atoms with Crippen LogP contribution in [0.1, 0.15) is 11.1 Å². The second-order valence-corrected chi connectivity index (χ2v) is 5.01. The highest BCUT2D eigenvalue weighted by molar-refractivity contribution is 7.90. The predicted molar refractivity (Wildman–Crippen MR) is 59.1 cm³/mol. The second-order valence-electron chi connectivity index (χ2n) is 3.63. The zero-order valence-electron chi connectivity index (χ0n) is 8.38. The summed E-state index contributed by atoms with van der Waals surface area (Å²) in [4.78, 5) is 0.950. The number of hydrogen-bond donors (Lipinski definition) is 1. The van der Waals surface area contributed by atoms with Gasteiger partial charge < -0.3 is 9.87 Å². The van der Waals surface area contributed by atoms with Crippen LogP contribution in [0.3, 0.4) is 0 Å². The molecule has 0 saturated heterocycles. The van der Waals surface area contributed by atoms with Crippen molar-refractivity contribution in [2.45, 2.75) is 17.7 Å². The van der Waals surface area contributed by atoms with Gasteiger partial charge in [-0.15, -0.1) is 0 Å². The van der Waals surface area contributed by atoms with E-state index in [-0.39, 0.29) is 0 Å². The van der Waals surface area contributed by atoms with Crippen LogP contribution < -0.4 is 5.32 Å². The van der Waals surface area contributed by atoms with Gasteiger partial charge in [-0.3, -0.25) is 0 Å². The summed E-state index contributed by atoms with van der Waals surface area (Å²) >= 11 is -0.853. The summed E-state index contributed by atoms with van der Waals surface area (Å²) in [6, 6.07) is 6.21. The number of benzene rings is 1. The van der Waals surface area contributed by atoms with Crippen LogP contribution in [0.4, 0.5) is 0 Å². The molecular weight excluding hydrogens is 194 g/mol. The highest BCUT2D eigenvalue weighted by atomic mass is 32.2. The Bertz CT molecular complexity index is 325. The van der Waals surface area contributed by atoms with E-state index in [1.165, 1.54) is 11.1 Å². The van der Waals surface area contributed by atoms with Crippen LogP contribution in [0, 0.1) is 0 Å². The highest BCUT2D eigenvalue weighted by Gasteiger charge is 2.11. The van der Waals surface area contributed by atoms with Gasteiger partial charge in [0.05, 0.1) is 0 Å². The zero-order chi connectivity index (χ0) is 9.97. The molecule has 2 rings (SSSR count). The smallest absolute Gasteiger partial charge is 0.152 e. The van der Waals surface area contributed by atoms with Gasteiger partial charge in [-0.05, 0) is 60.4 Å². The summed E-state index contributed by atoms with van der Waals surface area (Å²) in [6.07, 6.45) is 3.88. The highest BCUT2D eigenvalue weighted by Crippen LogP contribution is 2.18. The summed E-state index contributed by atoms with van der Waals surface area (Å²) in [5.74, 6) is 0. The van der Waals surface area contributed by atoms with Gasteiger partial charge >= 0.3 is 0 Å². The maximum absolute atomic E-state index is 11.3. The Hall–Kier alpha value is -0.510. The van der Waals surface area contributed by atoms with Gasteiger partial charge in [0.25, 0.3) is 0 Å². The molecule has 76 valence electrons. The molecule has 0 radical (unpaired) electrons. The van der Waals surface area contributed by atoms with E-state index < -0.39 is 11.2 Å². The molecule has 1 heterocycles. The van der Waals surface area contributed by atoms with E-state index in [0.717, 1.165) is 30.8 Å². The first-order valence-electron chi connectivity index (χ1n) is 4.93. The molecule has 0 aromatic heterocycles. The van der Waals surface area contributed by atoms with Gasteiger partial charge in [-0.2, -0.15) is 0 Å². The van der Waals surface area contributed by atoms with Crippen LogP contribution in [0.5, 0.6) is 0 Å². The monoisotopic (exact) mass is 209 g/mol. The third-order valence-corrected chi connectivity index (χ3v) is 3.57. The molecule has 1 aliphatic heterocycles. The Balaban J connectivity index is 2.32. The molecule has 0 bridgehead atoms. The molecule has 1 aromatic rings. The lowest BCUT2D eigenvalue weighted by molar-refractivity contribution is 0.600. The molecule has 0 amide bonds. The van der Waals surface area contributed by atoms with Crippen molar-refractivity contribution < 1.29 is 4.55 Å². The van der Waals surface area contributed by atoms with Gasteiger partial charge in [0.15, 0.2) is 4.90 Å². The maximum atomic E-state index is 11.3. The molecule has 0 fully saturated rings. The largest absolute Gasteiger partial charge is 0.612 e. The van der Waals surface area contributed by atoms with Crippen LogP contribution in [0.25, 0.3) is 0 Å². The van der Waals surface area contributed by atoms with Crippen molar-refractivity contribution >= 4 is 11.2 Å². The van der Waals surface area contributed by atoms with E-state index in [0.29, 0.717) is 0 Å². The molecule has 1 aromatic carbocycles. The fourth-order valence-corrected chi connectivity index (χ4v) is 2.40. The summed E-state index contributed by atoms with van der Waals surface area (Å²) in [5.41, 5.74) is 2.77. The molecule has 1 unspecified atom stereocenters. The van der Waals surface area contributed by atoms with Crippen molar-refractivity contribution in [3.05, 3.63) is 29.3 Å². The Morgan fingerprint density at radius 2 is 1.93 bits per heavy atom. The Morgan fingerprint density at radius 3 is 2.64 bits per heavy atom. The minimum atomic E-state index is -0.853. The third kappa shape index (κ3) is 2.11. The summed E-state index contributed by atoms with van der Waals surface area (Å²) in [5, 5.41) is 3.37. The molecule has 14 heavy (non-hydrogen) atoms. The predicted octanol–water partition coefficient (Wildman–Crippen LogP) is 1.11. The maximum Gasteiger partial charge on any atom is 0.152 e. The average molecular weight is 209 g/mol. The molecule has 0 spiro atoms. The Labute approximate surface area is 87.9 Å². The normalized spacial score (nSPS) is 18.4. The first kappa shape index (κ1) is 10.0. The number of nitrogens with one attached hydrogen (secondary N) is 1. The van der Waals surface area contributed by atoms with Crippen molar-refractivity contribution in [2.24, 2.45) is 0 Å². The van der Waals surface area contributed by atoms with E-state index in [1.54, 1.807) is 6.26 Å². The number of hydrogen-bond acceptors (Lipinski definition) is 2. The zero-order valence-corrected chi connectivity index (χ0v) is 9.19. The van der Waals surface area contributed by atoms with Crippen molar-refractivity contribution in [1.29, 1.82) is 0 Å². The molecule has 0 aliphatic carbocycles. The second kappa shape index (κ2) is 4.34. The molecule has 1 atom stereocenters. The van der Waals surface area contributed by atoms with Crippen molar-refractivity contribution in [3.8, 4) is 0 Å². The van der Waals surface area contributed by atoms with Gasteiger partial charge in [-0.25, -0.2) is 0 Å². The van der Waals surface area contributed by atoms with Gasteiger partial charge in [0, 0.05) is 0 Å². The van der Waals surface area contributed by atoms with Crippen molar-refractivity contribution in [2.75, 3.05) is 19.3 Å². The minimum Gasteiger partial charge on any atom is -0.612 e. The van der Waals surface area contributed by atoms with Gasteiger partial charge in [-0.1, -0.05) is 6.07 Å². The first-order valence-corrected chi connectivity index (χ1v) is 6.49.